The summed E-state index contributed by atoms with van der Waals surface area (Å²) in [6, 6.07) is 24.8. The largest absolute Gasteiger partial charge is 0.459 e. The van der Waals surface area contributed by atoms with Crippen LogP contribution in [-0.2, 0) is 41.8 Å². The second-order valence-electron chi connectivity index (χ2n) is 13.5. The fourth-order valence-electron chi connectivity index (χ4n) is 4.97. The summed E-state index contributed by atoms with van der Waals surface area (Å²) < 4.78 is 39.7. The molecule has 0 radical (unpaired) electrons. The lowest BCUT2D eigenvalue weighted by Gasteiger charge is -2.31. The first-order chi connectivity index (χ1) is 22.4. The Morgan fingerprint density at radius 1 is 0.792 bits per heavy atom. The van der Waals surface area contributed by atoms with Crippen molar-refractivity contribution >= 4 is 27.7 Å². The second-order valence-corrected chi connectivity index (χ2v) is 15.7. The Hall–Kier alpha value is -4.61. The van der Waals surface area contributed by atoms with Gasteiger partial charge in [-0.15, -0.1) is 0 Å². The number of nitrogens with zero attached hydrogens (tertiary/aromatic N) is 3. The van der Waals surface area contributed by atoms with Crippen LogP contribution in [0.5, 0.6) is 0 Å². The van der Waals surface area contributed by atoms with Gasteiger partial charge in [0.25, 0.3) is 0 Å². The number of ether oxygens (including phenoxy) is 2. The fraction of sp³-hybridized carbons (Fsp3) is 0.351. The third-order valence-electron chi connectivity index (χ3n) is 7.25. The summed E-state index contributed by atoms with van der Waals surface area (Å²) in [6.45, 7) is 11.8. The molecular weight excluding hydrogens is 628 g/mol. The number of amides is 1. The third kappa shape index (κ3) is 8.84. The van der Waals surface area contributed by atoms with Crippen molar-refractivity contribution in [2.75, 3.05) is 11.4 Å². The number of hydrogen-bond donors (Lipinski definition) is 1. The number of aromatic nitrogens is 2. The van der Waals surface area contributed by atoms with Gasteiger partial charge in [-0.25, -0.2) is 23.2 Å². The SMILES string of the molecule is CCc1cccc(-c2ccc(CC(N)(c3cccc(N(CC(=O)OC(C)(C)C)C(=O)OC(C)(C)C)n3)S(=O)(=O)c3ccccn3)cc2)c1. The number of pyridine rings is 2. The fourth-order valence-corrected chi connectivity index (χ4v) is 6.55. The number of esters is 1. The molecule has 2 heterocycles. The van der Waals surface area contributed by atoms with E-state index in [2.05, 4.69) is 29.0 Å². The molecule has 0 fully saturated rings. The highest BCUT2D eigenvalue weighted by Crippen LogP contribution is 2.34. The highest BCUT2D eigenvalue weighted by atomic mass is 32.2. The highest BCUT2D eigenvalue weighted by Gasteiger charge is 2.45. The Bertz CT molecular complexity index is 1850. The number of carbonyl (C=O) groups is 2. The predicted octanol–water partition coefficient (Wildman–Crippen LogP) is 6.62. The van der Waals surface area contributed by atoms with Gasteiger partial charge < -0.3 is 15.2 Å². The molecule has 0 aliphatic carbocycles. The van der Waals surface area contributed by atoms with Gasteiger partial charge in [0.1, 0.15) is 23.6 Å². The summed E-state index contributed by atoms with van der Waals surface area (Å²) in [5.74, 6) is -0.741. The standard InChI is InChI=1S/C37H44N4O6S/c1-8-26-13-11-14-29(23-26)28-20-18-27(19-21-28)24-37(38,48(44,45)32-17-9-10-22-39-32)30-15-12-16-31(40-30)41(34(43)47-36(5,6)7)25-33(42)46-35(2,3)4/h9-23H,8,24-25,38H2,1-7H3. The van der Waals surface area contributed by atoms with Crippen molar-refractivity contribution in [1.82, 2.24) is 9.97 Å². The van der Waals surface area contributed by atoms with E-state index < -0.39 is 44.5 Å². The number of nitrogens with two attached hydrogens (primary N) is 1. The number of aryl methyl sites for hydroxylation is 1. The Morgan fingerprint density at radius 2 is 1.46 bits per heavy atom. The van der Waals surface area contributed by atoms with Crippen LogP contribution in [0.3, 0.4) is 0 Å². The van der Waals surface area contributed by atoms with Crippen molar-refractivity contribution in [1.29, 1.82) is 0 Å². The topological polar surface area (TPSA) is 142 Å². The van der Waals surface area contributed by atoms with E-state index >= 15 is 0 Å². The molecule has 48 heavy (non-hydrogen) atoms. The number of rotatable bonds is 10. The summed E-state index contributed by atoms with van der Waals surface area (Å²) in [6.07, 6.45) is 1.25. The summed E-state index contributed by atoms with van der Waals surface area (Å²) >= 11 is 0. The molecule has 1 amide bonds. The number of sulfone groups is 1. The molecule has 0 saturated heterocycles. The van der Waals surface area contributed by atoms with Crippen LogP contribution in [0.2, 0.25) is 0 Å². The van der Waals surface area contributed by atoms with Crippen molar-refractivity contribution in [2.24, 2.45) is 5.73 Å². The van der Waals surface area contributed by atoms with Crippen molar-refractivity contribution < 1.29 is 27.5 Å². The minimum Gasteiger partial charge on any atom is -0.459 e. The number of benzene rings is 2. The molecule has 2 aromatic carbocycles. The first-order valence-electron chi connectivity index (χ1n) is 15.7. The Kier molecular flexibility index (Phi) is 10.8. The molecule has 1 atom stereocenters. The summed E-state index contributed by atoms with van der Waals surface area (Å²) in [7, 11) is -4.38. The molecule has 254 valence electrons. The molecule has 4 rings (SSSR count). The van der Waals surface area contributed by atoms with Gasteiger partial charge in [0, 0.05) is 12.6 Å². The molecule has 0 saturated carbocycles. The number of hydrogen-bond acceptors (Lipinski definition) is 9. The van der Waals surface area contributed by atoms with Crippen molar-refractivity contribution in [3.8, 4) is 11.1 Å². The normalized spacial score (nSPS) is 13.3. The van der Waals surface area contributed by atoms with Crippen LogP contribution < -0.4 is 10.6 Å². The number of carbonyl (C=O) groups excluding carboxylic acids is 2. The van der Waals surface area contributed by atoms with Gasteiger partial charge in [-0.2, -0.15) is 0 Å². The maximum absolute atomic E-state index is 14.3. The molecule has 1 unspecified atom stereocenters. The summed E-state index contributed by atoms with van der Waals surface area (Å²) in [5, 5.41) is -0.231. The van der Waals surface area contributed by atoms with E-state index in [1.165, 1.54) is 36.0 Å². The van der Waals surface area contributed by atoms with Gasteiger partial charge in [-0.05, 0) is 94.5 Å². The van der Waals surface area contributed by atoms with Crippen LogP contribution in [0, 0.1) is 0 Å². The molecule has 0 aliphatic heterocycles. The first kappa shape index (κ1) is 36.2. The van der Waals surface area contributed by atoms with Gasteiger partial charge in [-0.3, -0.25) is 9.69 Å². The van der Waals surface area contributed by atoms with E-state index in [1.54, 1.807) is 53.7 Å². The van der Waals surface area contributed by atoms with E-state index in [4.69, 9.17) is 15.2 Å². The van der Waals surface area contributed by atoms with Crippen molar-refractivity contribution in [3.05, 3.63) is 108 Å². The van der Waals surface area contributed by atoms with E-state index in [0.717, 1.165) is 22.4 Å². The average molecular weight is 673 g/mol. The summed E-state index contributed by atoms with van der Waals surface area (Å²) in [5.41, 5.74) is 9.05. The molecule has 10 nitrogen and oxygen atoms in total. The zero-order valence-corrected chi connectivity index (χ0v) is 29.4. The molecule has 0 aliphatic rings. The Morgan fingerprint density at radius 3 is 2.06 bits per heavy atom. The molecule has 4 aromatic rings. The maximum atomic E-state index is 14.3. The second kappa shape index (κ2) is 14.2. The molecule has 2 N–H and O–H groups in total. The first-order valence-corrected chi connectivity index (χ1v) is 17.2. The van der Waals surface area contributed by atoms with E-state index in [-0.39, 0.29) is 23.0 Å². The predicted molar refractivity (Wildman–Crippen MR) is 186 cm³/mol. The monoisotopic (exact) mass is 672 g/mol. The quantitative estimate of drug-likeness (QED) is 0.184. The Balaban J connectivity index is 1.80. The highest BCUT2D eigenvalue weighted by molar-refractivity contribution is 7.92. The van der Waals surface area contributed by atoms with Gasteiger partial charge in [0.05, 0.1) is 5.69 Å². The zero-order chi connectivity index (χ0) is 35.3. The lowest BCUT2D eigenvalue weighted by Crippen LogP contribution is -2.48. The lowest BCUT2D eigenvalue weighted by atomic mass is 9.98. The zero-order valence-electron chi connectivity index (χ0n) is 28.6. The van der Waals surface area contributed by atoms with Gasteiger partial charge in [-0.1, -0.05) is 67.6 Å². The molecule has 0 bridgehead atoms. The summed E-state index contributed by atoms with van der Waals surface area (Å²) in [4.78, 5) is 33.9. The van der Waals surface area contributed by atoms with Crippen LogP contribution >= 0.6 is 0 Å². The number of anilines is 1. The van der Waals surface area contributed by atoms with Crippen molar-refractivity contribution in [3.63, 3.8) is 0 Å². The minimum atomic E-state index is -4.38. The maximum Gasteiger partial charge on any atom is 0.416 e. The molecule has 11 heteroatoms. The third-order valence-corrected chi connectivity index (χ3v) is 9.35. The smallest absolute Gasteiger partial charge is 0.416 e. The molecular formula is C37H44N4O6S. The minimum absolute atomic E-state index is 0.0372. The van der Waals surface area contributed by atoms with Crippen LogP contribution in [0.15, 0.2) is 96.2 Å². The van der Waals surface area contributed by atoms with Crippen LogP contribution in [0.25, 0.3) is 11.1 Å². The van der Waals surface area contributed by atoms with E-state index in [0.29, 0.717) is 5.56 Å². The average Bonchev–Trinajstić information content (AvgIpc) is 3.02. The lowest BCUT2D eigenvalue weighted by molar-refractivity contribution is -0.153. The van der Waals surface area contributed by atoms with Crippen molar-refractivity contribution in [2.45, 2.75) is 82.4 Å². The van der Waals surface area contributed by atoms with Crippen LogP contribution in [0.1, 0.15) is 65.3 Å². The molecule has 2 aromatic heterocycles. The van der Waals surface area contributed by atoms with Gasteiger partial charge >= 0.3 is 12.1 Å². The van der Waals surface area contributed by atoms with E-state index in [9.17, 15) is 18.0 Å². The molecule has 0 spiro atoms. The van der Waals surface area contributed by atoms with Crippen LogP contribution in [0.4, 0.5) is 10.6 Å². The Labute approximate surface area is 283 Å². The van der Waals surface area contributed by atoms with Gasteiger partial charge in [0.15, 0.2) is 9.90 Å². The van der Waals surface area contributed by atoms with E-state index in [1.807, 2.05) is 36.4 Å². The van der Waals surface area contributed by atoms with Gasteiger partial charge in [0.2, 0.25) is 9.84 Å². The van der Waals surface area contributed by atoms with Crippen LogP contribution in [-0.4, -0.2) is 48.2 Å².